The maximum atomic E-state index is 9.24. The Kier molecular flexibility index (Phi) is 3.14. The molecule has 0 aliphatic carbocycles. The Labute approximate surface area is 95.4 Å². The normalized spacial score (nSPS) is 18.3. The van der Waals surface area contributed by atoms with Gasteiger partial charge in [0.1, 0.15) is 0 Å². The first kappa shape index (κ1) is 11.4. The summed E-state index contributed by atoms with van der Waals surface area (Å²) in [5.74, 6) is -0.484. The van der Waals surface area contributed by atoms with Crippen molar-refractivity contribution in [3.8, 4) is 0 Å². The van der Waals surface area contributed by atoms with E-state index < -0.39 is 5.79 Å². The molecule has 1 N–H and O–H groups in total. The molecule has 0 radical (unpaired) electrons. The van der Waals surface area contributed by atoms with E-state index in [4.69, 9.17) is 9.47 Å². The highest BCUT2D eigenvalue weighted by Crippen LogP contribution is 2.32. The number of para-hydroxylation sites is 1. The lowest BCUT2D eigenvalue weighted by Gasteiger charge is -2.49. The van der Waals surface area contributed by atoms with Gasteiger partial charge < -0.3 is 19.5 Å². The van der Waals surface area contributed by atoms with Gasteiger partial charge >= 0.3 is 0 Å². The number of hydrogen-bond acceptors (Lipinski definition) is 4. The minimum absolute atomic E-state index is 0.0552. The third-order valence-electron chi connectivity index (χ3n) is 3.11. The van der Waals surface area contributed by atoms with E-state index in [1.54, 1.807) is 14.2 Å². The van der Waals surface area contributed by atoms with Gasteiger partial charge in [-0.1, -0.05) is 18.2 Å². The number of benzene rings is 1. The van der Waals surface area contributed by atoms with E-state index in [1.165, 1.54) is 0 Å². The summed E-state index contributed by atoms with van der Waals surface area (Å²) in [7, 11) is 3.30. The van der Waals surface area contributed by atoms with Crippen LogP contribution in [0.3, 0.4) is 0 Å². The monoisotopic (exact) mass is 223 g/mol. The van der Waals surface area contributed by atoms with Gasteiger partial charge in [0, 0.05) is 25.5 Å². The van der Waals surface area contributed by atoms with Crippen molar-refractivity contribution in [2.24, 2.45) is 0 Å². The lowest BCUT2D eigenvalue weighted by Crippen LogP contribution is -2.64. The van der Waals surface area contributed by atoms with E-state index in [1.807, 2.05) is 24.3 Å². The molecule has 0 bridgehead atoms. The van der Waals surface area contributed by atoms with Crippen molar-refractivity contribution in [1.82, 2.24) is 0 Å². The molecule has 1 fully saturated rings. The van der Waals surface area contributed by atoms with Crippen molar-refractivity contribution in [3.63, 3.8) is 0 Å². The summed E-state index contributed by atoms with van der Waals surface area (Å²) >= 11 is 0. The van der Waals surface area contributed by atoms with Gasteiger partial charge in [0.15, 0.2) is 0 Å². The molecule has 1 aromatic carbocycles. The Morgan fingerprint density at radius 2 is 1.88 bits per heavy atom. The van der Waals surface area contributed by atoms with Crippen LogP contribution in [-0.2, 0) is 16.1 Å². The second-order valence-electron chi connectivity index (χ2n) is 3.96. The fourth-order valence-corrected chi connectivity index (χ4v) is 2.00. The van der Waals surface area contributed by atoms with Crippen molar-refractivity contribution in [3.05, 3.63) is 29.8 Å². The highest BCUT2D eigenvalue weighted by molar-refractivity contribution is 5.56. The molecule has 1 heterocycles. The van der Waals surface area contributed by atoms with Crippen molar-refractivity contribution in [2.45, 2.75) is 12.4 Å². The van der Waals surface area contributed by atoms with Crippen LogP contribution in [0.4, 0.5) is 5.69 Å². The molecule has 16 heavy (non-hydrogen) atoms. The maximum Gasteiger partial charge on any atom is 0.203 e. The molecule has 88 valence electrons. The topological polar surface area (TPSA) is 41.9 Å². The minimum atomic E-state index is -0.484. The molecule has 0 saturated carbocycles. The minimum Gasteiger partial charge on any atom is -0.392 e. The molecule has 4 nitrogen and oxygen atoms in total. The van der Waals surface area contributed by atoms with Gasteiger partial charge in [-0.2, -0.15) is 0 Å². The summed E-state index contributed by atoms with van der Waals surface area (Å²) in [6.45, 7) is 1.44. The smallest absolute Gasteiger partial charge is 0.203 e. The number of nitrogens with zero attached hydrogens (tertiary/aromatic N) is 1. The van der Waals surface area contributed by atoms with Gasteiger partial charge in [-0.25, -0.2) is 0 Å². The third kappa shape index (κ3) is 1.80. The Morgan fingerprint density at radius 3 is 2.44 bits per heavy atom. The predicted molar refractivity (Wildman–Crippen MR) is 61.3 cm³/mol. The van der Waals surface area contributed by atoms with Crippen LogP contribution in [0.5, 0.6) is 0 Å². The summed E-state index contributed by atoms with van der Waals surface area (Å²) in [5.41, 5.74) is 1.98. The zero-order chi connectivity index (χ0) is 11.6. The molecule has 0 aromatic heterocycles. The Bertz CT molecular complexity index is 355. The van der Waals surface area contributed by atoms with E-state index in [9.17, 15) is 5.11 Å². The number of ether oxygens (including phenoxy) is 2. The fraction of sp³-hybridized carbons (Fsp3) is 0.500. The van der Waals surface area contributed by atoms with Gasteiger partial charge in [0.2, 0.25) is 5.79 Å². The number of anilines is 1. The van der Waals surface area contributed by atoms with E-state index in [0.717, 1.165) is 11.3 Å². The number of hydrogen-bond donors (Lipinski definition) is 1. The molecule has 1 aliphatic rings. The molecular weight excluding hydrogens is 206 g/mol. The van der Waals surface area contributed by atoms with Crippen LogP contribution in [0.15, 0.2) is 24.3 Å². The summed E-state index contributed by atoms with van der Waals surface area (Å²) in [6.07, 6.45) is 0. The fourth-order valence-electron chi connectivity index (χ4n) is 2.00. The Morgan fingerprint density at radius 1 is 1.25 bits per heavy atom. The third-order valence-corrected chi connectivity index (χ3v) is 3.11. The lowest BCUT2D eigenvalue weighted by molar-refractivity contribution is -0.219. The molecule has 0 atom stereocenters. The quantitative estimate of drug-likeness (QED) is 0.773. The molecule has 1 aromatic rings. The van der Waals surface area contributed by atoms with Gasteiger partial charge in [-0.15, -0.1) is 0 Å². The van der Waals surface area contributed by atoms with Crippen LogP contribution in [0.25, 0.3) is 0 Å². The summed E-state index contributed by atoms with van der Waals surface area (Å²) in [5, 5.41) is 9.24. The molecular formula is C12H17NO3. The highest BCUT2D eigenvalue weighted by Gasteiger charge is 2.44. The van der Waals surface area contributed by atoms with Crippen LogP contribution in [0.2, 0.25) is 0 Å². The van der Waals surface area contributed by atoms with Crippen molar-refractivity contribution in [2.75, 3.05) is 32.2 Å². The molecule has 0 spiro atoms. The van der Waals surface area contributed by atoms with Crippen molar-refractivity contribution < 1.29 is 14.6 Å². The zero-order valence-electron chi connectivity index (χ0n) is 9.64. The molecule has 1 saturated heterocycles. The first-order valence-corrected chi connectivity index (χ1v) is 5.29. The van der Waals surface area contributed by atoms with E-state index >= 15 is 0 Å². The predicted octanol–water partition coefficient (Wildman–Crippen LogP) is 0.988. The Balaban J connectivity index is 2.11. The van der Waals surface area contributed by atoms with Gasteiger partial charge in [0.25, 0.3) is 0 Å². The molecule has 1 aliphatic heterocycles. The van der Waals surface area contributed by atoms with E-state index in [0.29, 0.717) is 13.1 Å². The highest BCUT2D eigenvalue weighted by atomic mass is 16.7. The Hall–Kier alpha value is -1.10. The lowest BCUT2D eigenvalue weighted by atomic mass is 10.0. The number of aliphatic hydroxyl groups is 1. The number of aliphatic hydroxyl groups excluding tert-OH is 1. The second-order valence-corrected chi connectivity index (χ2v) is 3.96. The van der Waals surface area contributed by atoms with Crippen LogP contribution in [-0.4, -0.2) is 38.2 Å². The van der Waals surface area contributed by atoms with Crippen LogP contribution < -0.4 is 4.90 Å². The van der Waals surface area contributed by atoms with E-state index in [2.05, 4.69) is 4.90 Å². The summed E-state index contributed by atoms with van der Waals surface area (Å²) in [6, 6.07) is 7.82. The largest absolute Gasteiger partial charge is 0.392 e. The molecule has 0 amide bonds. The van der Waals surface area contributed by atoms with E-state index in [-0.39, 0.29) is 6.61 Å². The summed E-state index contributed by atoms with van der Waals surface area (Å²) in [4.78, 5) is 2.14. The van der Waals surface area contributed by atoms with Gasteiger partial charge in [-0.3, -0.25) is 0 Å². The average molecular weight is 223 g/mol. The molecule has 2 rings (SSSR count). The maximum absolute atomic E-state index is 9.24. The SMILES string of the molecule is COC1(OC)CN(c2ccccc2CO)C1. The van der Waals surface area contributed by atoms with Crippen LogP contribution >= 0.6 is 0 Å². The number of methoxy groups -OCH3 is 2. The molecule has 0 unspecified atom stereocenters. The number of rotatable bonds is 4. The van der Waals surface area contributed by atoms with Gasteiger partial charge in [-0.05, 0) is 6.07 Å². The zero-order valence-corrected chi connectivity index (χ0v) is 9.64. The molecule has 4 heteroatoms. The second kappa shape index (κ2) is 4.41. The van der Waals surface area contributed by atoms with Gasteiger partial charge in [0.05, 0.1) is 19.7 Å². The van der Waals surface area contributed by atoms with Crippen LogP contribution in [0.1, 0.15) is 5.56 Å². The average Bonchev–Trinajstić information content (AvgIpc) is 2.29. The van der Waals surface area contributed by atoms with Crippen molar-refractivity contribution in [1.29, 1.82) is 0 Å². The summed E-state index contributed by atoms with van der Waals surface area (Å²) < 4.78 is 10.6. The van der Waals surface area contributed by atoms with Crippen LogP contribution in [0, 0.1) is 0 Å². The van der Waals surface area contributed by atoms with Crippen molar-refractivity contribution >= 4 is 5.69 Å². The first-order valence-electron chi connectivity index (χ1n) is 5.29. The standard InChI is InChI=1S/C12H17NO3/c1-15-12(16-2)8-13(9-12)11-6-4-3-5-10(11)7-14/h3-6,14H,7-9H2,1-2H3. The first-order chi connectivity index (χ1) is 7.74.